The Balaban J connectivity index is 3.37. The third-order valence-electron chi connectivity index (χ3n) is 1.22. The molecular formula is C7H14N2O2. The highest BCUT2D eigenvalue weighted by atomic mass is 16.1. The molecule has 4 nitrogen and oxygen atoms in total. The van der Waals surface area contributed by atoms with Crippen LogP contribution in [0.3, 0.4) is 0 Å². The summed E-state index contributed by atoms with van der Waals surface area (Å²) in [6, 6.07) is 0. The summed E-state index contributed by atoms with van der Waals surface area (Å²) in [5, 5.41) is 2.58. The van der Waals surface area contributed by atoms with Gasteiger partial charge in [-0.25, -0.2) is 0 Å². The molecular weight excluding hydrogens is 144 g/mol. The first-order valence-corrected chi connectivity index (χ1v) is 3.62. The Morgan fingerprint density at radius 3 is 2.82 bits per heavy atom. The lowest BCUT2D eigenvalue weighted by molar-refractivity contribution is -0.121. The van der Waals surface area contributed by atoms with Crippen molar-refractivity contribution in [1.82, 2.24) is 5.32 Å². The number of aldehydes is 1. The second kappa shape index (κ2) is 5.85. The quantitative estimate of drug-likeness (QED) is 0.519. The maximum absolute atomic E-state index is 10.8. The highest BCUT2D eigenvalue weighted by Crippen LogP contribution is 1.85. The number of hydrogen-bond donors (Lipinski definition) is 2. The molecule has 0 saturated heterocycles. The van der Waals surface area contributed by atoms with Gasteiger partial charge < -0.3 is 15.8 Å². The number of rotatable bonds is 5. The van der Waals surface area contributed by atoms with E-state index in [1.807, 2.05) is 0 Å². The molecule has 64 valence electrons. The van der Waals surface area contributed by atoms with E-state index >= 15 is 0 Å². The van der Waals surface area contributed by atoms with E-state index in [2.05, 4.69) is 5.32 Å². The van der Waals surface area contributed by atoms with E-state index in [0.29, 0.717) is 19.5 Å². The van der Waals surface area contributed by atoms with Crippen LogP contribution in [0.2, 0.25) is 0 Å². The lowest BCUT2D eigenvalue weighted by Crippen LogP contribution is -2.30. The molecule has 0 aromatic carbocycles. The average Bonchev–Trinajstić information content (AvgIpc) is 2.01. The zero-order valence-corrected chi connectivity index (χ0v) is 6.67. The molecule has 0 rings (SSSR count). The molecule has 0 spiro atoms. The first-order valence-electron chi connectivity index (χ1n) is 3.62. The Hall–Kier alpha value is -0.900. The standard InChI is InChI=1S/C7H14N2O2/c1-6(5-10)4-9-7(11)2-3-8/h5-6H,2-4,8H2,1H3,(H,9,11). The topological polar surface area (TPSA) is 72.2 Å². The van der Waals surface area contributed by atoms with Gasteiger partial charge in [0, 0.05) is 25.4 Å². The van der Waals surface area contributed by atoms with Crippen LogP contribution in [0.15, 0.2) is 0 Å². The molecule has 0 heterocycles. The molecule has 0 bridgehead atoms. The second-order valence-electron chi connectivity index (χ2n) is 2.46. The number of nitrogens with two attached hydrogens (primary N) is 1. The van der Waals surface area contributed by atoms with Crippen LogP contribution < -0.4 is 11.1 Å². The fraction of sp³-hybridized carbons (Fsp3) is 0.714. The van der Waals surface area contributed by atoms with Crippen molar-refractivity contribution in [3.63, 3.8) is 0 Å². The average molecular weight is 158 g/mol. The zero-order valence-electron chi connectivity index (χ0n) is 6.67. The number of amides is 1. The van der Waals surface area contributed by atoms with Crippen LogP contribution in [0.4, 0.5) is 0 Å². The third-order valence-corrected chi connectivity index (χ3v) is 1.22. The highest BCUT2D eigenvalue weighted by molar-refractivity contribution is 5.76. The first-order chi connectivity index (χ1) is 5.20. The fourth-order valence-corrected chi connectivity index (χ4v) is 0.542. The van der Waals surface area contributed by atoms with Crippen LogP contribution in [0, 0.1) is 5.92 Å². The van der Waals surface area contributed by atoms with Crippen molar-refractivity contribution in [1.29, 1.82) is 0 Å². The Bertz CT molecular complexity index is 136. The van der Waals surface area contributed by atoms with Crippen molar-refractivity contribution in [2.24, 2.45) is 11.7 Å². The van der Waals surface area contributed by atoms with Gasteiger partial charge in [0.2, 0.25) is 5.91 Å². The summed E-state index contributed by atoms with van der Waals surface area (Å²) >= 11 is 0. The molecule has 0 aliphatic heterocycles. The van der Waals surface area contributed by atoms with Crippen molar-refractivity contribution in [3.05, 3.63) is 0 Å². The minimum Gasteiger partial charge on any atom is -0.355 e. The van der Waals surface area contributed by atoms with Gasteiger partial charge in [-0.05, 0) is 0 Å². The monoisotopic (exact) mass is 158 g/mol. The van der Waals surface area contributed by atoms with Crippen molar-refractivity contribution in [2.45, 2.75) is 13.3 Å². The van der Waals surface area contributed by atoms with Crippen LogP contribution in [0.5, 0.6) is 0 Å². The highest BCUT2D eigenvalue weighted by Gasteiger charge is 2.02. The summed E-state index contributed by atoms with van der Waals surface area (Å²) in [5.41, 5.74) is 5.14. The lowest BCUT2D eigenvalue weighted by Gasteiger charge is -2.04. The lowest BCUT2D eigenvalue weighted by atomic mass is 10.2. The van der Waals surface area contributed by atoms with Gasteiger partial charge >= 0.3 is 0 Å². The van der Waals surface area contributed by atoms with E-state index < -0.39 is 0 Å². The van der Waals surface area contributed by atoms with Gasteiger partial charge in [-0.3, -0.25) is 4.79 Å². The number of carbonyl (C=O) groups is 2. The normalized spacial score (nSPS) is 12.2. The third kappa shape index (κ3) is 5.54. The van der Waals surface area contributed by atoms with Gasteiger partial charge in [0.05, 0.1) is 0 Å². The predicted octanol–water partition coefficient (Wildman–Crippen LogP) is -0.714. The summed E-state index contributed by atoms with van der Waals surface area (Å²) < 4.78 is 0. The molecule has 0 aromatic heterocycles. The first kappa shape index (κ1) is 10.1. The van der Waals surface area contributed by atoms with E-state index in [0.717, 1.165) is 6.29 Å². The minimum absolute atomic E-state index is 0.0961. The van der Waals surface area contributed by atoms with Crippen molar-refractivity contribution < 1.29 is 9.59 Å². The molecule has 0 aliphatic rings. The van der Waals surface area contributed by atoms with Crippen LogP contribution in [-0.4, -0.2) is 25.3 Å². The maximum Gasteiger partial charge on any atom is 0.221 e. The summed E-state index contributed by atoms with van der Waals surface area (Å²) in [6.45, 7) is 2.50. The molecule has 0 aliphatic carbocycles. The molecule has 0 radical (unpaired) electrons. The Morgan fingerprint density at radius 2 is 2.36 bits per heavy atom. The van der Waals surface area contributed by atoms with Crippen LogP contribution in [-0.2, 0) is 9.59 Å². The molecule has 4 heteroatoms. The van der Waals surface area contributed by atoms with E-state index in [1.165, 1.54) is 0 Å². The molecule has 1 atom stereocenters. The maximum atomic E-state index is 10.8. The minimum atomic E-state index is -0.114. The molecule has 0 saturated carbocycles. The van der Waals surface area contributed by atoms with E-state index in [4.69, 9.17) is 5.73 Å². The summed E-state index contributed by atoms with van der Waals surface area (Å²) in [5.74, 6) is -0.210. The number of nitrogens with one attached hydrogen (secondary N) is 1. The van der Waals surface area contributed by atoms with Crippen molar-refractivity contribution in [3.8, 4) is 0 Å². The van der Waals surface area contributed by atoms with Crippen LogP contribution in [0.1, 0.15) is 13.3 Å². The largest absolute Gasteiger partial charge is 0.355 e. The smallest absolute Gasteiger partial charge is 0.221 e. The van der Waals surface area contributed by atoms with Gasteiger partial charge in [-0.15, -0.1) is 0 Å². The van der Waals surface area contributed by atoms with E-state index in [9.17, 15) is 9.59 Å². The molecule has 0 aromatic rings. The van der Waals surface area contributed by atoms with Gasteiger partial charge in [0.1, 0.15) is 6.29 Å². The molecule has 11 heavy (non-hydrogen) atoms. The van der Waals surface area contributed by atoms with Crippen LogP contribution in [0.25, 0.3) is 0 Å². The molecule has 1 amide bonds. The Labute approximate surface area is 66.1 Å². The fourth-order valence-electron chi connectivity index (χ4n) is 0.542. The summed E-state index contributed by atoms with van der Waals surface area (Å²) in [6.07, 6.45) is 1.13. The van der Waals surface area contributed by atoms with Gasteiger partial charge in [0.15, 0.2) is 0 Å². The van der Waals surface area contributed by atoms with Crippen molar-refractivity contribution >= 4 is 12.2 Å². The predicted molar refractivity (Wildman–Crippen MR) is 41.9 cm³/mol. The second-order valence-corrected chi connectivity index (χ2v) is 2.46. The Kier molecular flexibility index (Phi) is 5.37. The van der Waals surface area contributed by atoms with Gasteiger partial charge in [-0.1, -0.05) is 6.92 Å². The van der Waals surface area contributed by atoms with E-state index in [-0.39, 0.29) is 11.8 Å². The van der Waals surface area contributed by atoms with Crippen LogP contribution >= 0.6 is 0 Å². The van der Waals surface area contributed by atoms with E-state index in [1.54, 1.807) is 6.92 Å². The van der Waals surface area contributed by atoms with Gasteiger partial charge in [0.25, 0.3) is 0 Å². The zero-order chi connectivity index (χ0) is 8.69. The van der Waals surface area contributed by atoms with Gasteiger partial charge in [-0.2, -0.15) is 0 Å². The van der Waals surface area contributed by atoms with Crippen molar-refractivity contribution in [2.75, 3.05) is 13.1 Å². The SMILES string of the molecule is CC(C=O)CNC(=O)CCN. The summed E-state index contributed by atoms with van der Waals surface area (Å²) in [4.78, 5) is 20.9. The summed E-state index contributed by atoms with van der Waals surface area (Å²) in [7, 11) is 0. The molecule has 1 unspecified atom stereocenters. The Morgan fingerprint density at radius 1 is 1.73 bits per heavy atom. The number of hydrogen-bond acceptors (Lipinski definition) is 3. The number of carbonyl (C=O) groups excluding carboxylic acids is 2. The molecule has 3 N–H and O–H groups in total. The molecule has 0 fully saturated rings.